The average molecular weight is 204 g/mol. The Balaban J connectivity index is 3.22. The molecule has 0 fully saturated rings. The van der Waals surface area contributed by atoms with Crippen molar-refractivity contribution in [3.8, 4) is 18.1 Å². The molecule has 1 aromatic rings. The number of carboxylic acids is 1. The molecule has 78 valence electrons. The lowest BCUT2D eigenvalue weighted by Gasteiger charge is -2.10. The molecule has 0 saturated heterocycles. The van der Waals surface area contributed by atoms with Gasteiger partial charge < -0.3 is 9.84 Å². The number of benzene rings is 1. The number of carbonyl (C=O) groups is 1. The van der Waals surface area contributed by atoms with Gasteiger partial charge in [-0.15, -0.1) is 6.42 Å². The van der Waals surface area contributed by atoms with E-state index in [1.54, 1.807) is 13.0 Å². The average Bonchev–Trinajstić information content (AvgIpc) is 2.15. The summed E-state index contributed by atoms with van der Waals surface area (Å²) < 4.78 is 5.22. The van der Waals surface area contributed by atoms with Crippen molar-refractivity contribution in [1.82, 2.24) is 0 Å². The lowest BCUT2D eigenvalue weighted by Crippen LogP contribution is -2.05. The molecule has 15 heavy (non-hydrogen) atoms. The topological polar surface area (TPSA) is 46.5 Å². The summed E-state index contributed by atoms with van der Waals surface area (Å²) in [7, 11) is 0. The smallest absolute Gasteiger partial charge is 0.339 e. The van der Waals surface area contributed by atoms with E-state index in [9.17, 15) is 4.79 Å². The van der Waals surface area contributed by atoms with E-state index in [0.29, 0.717) is 5.75 Å². The van der Waals surface area contributed by atoms with Crippen LogP contribution in [0.4, 0.5) is 0 Å². The normalized spacial score (nSPS) is 9.40. The van der Waals surface area contributed by atoms with Gasteiger partial charge in [-0.25, -0.2) is 4.79 Å². The van der Waals surface area contributed by atoms with Gasteiger partial charge in [0.25, 0.3) is 0 Å². The Kier molecular flexibility index (Phi) is 3.35. The summed E-state index contributed by atoms with van der Waals surface area (Å²) in [6.07, 6.45) is 5.06. The maximum atomic E-state index is 11.0. The van der Waals surface area contributed by atoms with Crippen molar-refractivity contribution in [2.24, 2.45) is 0 Å². The minimum atomic E-state index is -1.01. The van der Waals surface area contributed by atoms with E-state index in [0.717, 1.165) is 11.1 Å². The molecule has 3 heteroatoms. The summed E-state index contributed by atoms with van der Waals surface area (Å²) in [5.74, 6) is 1.66. The van der Waals surface area contributed by atoms with Crippen molar-refractivity contribution in [3.05, 3.63) is 28.8 Å². The molecule has 0 aliphatic heterocycles. The first-order valence-corrected chi connectivity index (χ1v) is 4.47. The Morgan fingerprint density at radius 1 is 1.53 bits per heavy atom. The fourth-order valence-corrected chi connectivity index (χ4v) is 1.42. The highest BCUT2D eigenvalue weighted by atomic mass is 16.5. The molecule has 0 atom stereocenters. The molecule has 0 aromatic heterocycles. The van der Waals surface area contributed by atoms with Crippen LogP contribution in [0.25, 0.3) is 0 Å². The molecule has 0 bridgehead atoms. The second-order valence-corrected chi connectivity index (χ2v) is 3.26. The van der Waals surface area contributed by atoms with E-state index >= 15 is 0 Å². The van der Waals surface area contributed by atoms with Gasteiger partial charge >= 0.3 is 5.97 Å². The highest BCUT2D eigenvalue weighted by Crippen LogP contribution is 2.25. The maximum absolute atomic E-state index is 11.0. The molecule has 1 N–H and O–H groups in total. The van der Waals surface area contributed by atoms with Gasteiger partial charge in [0.2, 0.25) is 0 Å². The predicted octanol–water partition coefficient (Wildman–Crippen LogP) is 2.01. The van der Waals surface area contributed by atoms with Crippen LogP contribution in [0.15, 0.2) is 12.1 Å². The lowest BCUT2D eigenvalue weighted by molar-refractivity contribution is 0.0692. The molecule has 0 radical (unpaired) electrons. The molecule has 3 nitrogen and oxygen atoms in total. The van der Waals surface area contributed by atoms with Gasteiger partial charge in [0.05, 0.1) is 0 Å². The first-order valence-electron chi connectivity index (χ1n) is 4.47. The van der Waals surface area contributed by atoms with Crippen LogP contribution in [0.3, 0.4) is 0 Å². The highest BCUT2D eigenvalue weighted by molar-refractivity contribution is 5.91. The Morgan fingerprint density at radius 3 is 2.73 bits per heavy atom. The van der Waals surface area contributed by atoms with Gasteiger partial charge in [0.15, 0.2) is 0 Å². The standard InChI is InChI=1S/C12H12O3/c1-4-5-15-11-9(3)6-8(2)7-10(11)12(13)14/h1,6-7H,5H2,2-3H3,(H,13,14). The van der Waals surface area contributed by atoms with E-state index < -0.39 is 5.97 Å². The number of aromatic carboxylic acids is 1. The van der Waals surface area contributed by atoms with Gasteiger partial charge in [-0.1, -0.05) is 12.0 Å². The number of terminal acetylenes is 1. The quantitative estimate of drug-likeness (QED) is 0.766. The van der Waals surface area contributed by atoms with Crippen molar-refractivity contribution in [1.29, 1.82) is 0 Å². The molecular weight excluding hydrogens is 192 g/mol. The molecule has 0 aliphatic rings. The largest absolute Gasteiger partial charge is 0.480 e. The van der Waals surface area contributed by atoms with E-state index in [-0.39, 0.29) is 12.2 Å². The summed E-state index contributed by atoms with van der Waals surface area (Å²) in [6.45, 7) is 3.71. The van der Waals surface area contributed by atoms with Crippen molar-refractivity contribution in [3.63, 3.8) is 0 Å². The van der Waals surface area contributed by atoms with Gasteiger partial charge in [-0.05, 0) is 31.0 Å². The number of ether oxygens (including phenoxy) is 1. The SMILES string of the molecule is C#CCOc1c(C)cc(C)cc1C(=O)O. The summed E-state index contributed by atoms with van der Waals surface area (Å²) in [6, 6.07) is 3.43. The molecule has 0 amide bonds. The van der Waals surface area contributed by atoms with Crippen LogP contribution in [0.5, 0.6) is 5.75 Å². The van der Waals surface area contributed by atoms with Gasteiger partial charge in [-0.3, -0.25) is 0 Å². The molecule has 0 heterocycles. The van der Waals surface area contributed by atoms with Crippen molar-refractivity contribution in [2.45, 2.75) is 13.8 Å². The van der Waals surface area contributed by atoms with Crippen molar-refractivity contribution in [2.75, 3.05) is 6.61 Å². The lowest BCUT2D eigenvalue weighted by atomic mass is 10.1. The Bertz CT molecular complexity index is 427. The molecular formula is C12H12O3. The Labute approximate surface area is 88.7 Å². The second kappa shape index (κ2) is 4.52. The van der Waals surface area contributed by atoms with Crippen molar-refractivity contribution >= 4 is 5.97 Å². The molecule has 0 unspecified atom stereocenters. The van der Waals surface area contributed by atoms with Crippen LogP contribution in [0, 0.1) is 26.2 Å². The van der Waals surface area contributed by atoms with Crippen LogP contribution < -0.4 is 4.74 Å². The molecule has 0 spiro atoms. The number of aryl methyl sites for hydroxylation is 2. The molecule has 1 aromatic carbocycles. The predicted molar refractivity (Wildman–Crippen MR) is 57.2 cm³/mol. The fourth-order valence-electron chi connectivity index (χ4n) is 1.42. The zero-order chi connectivity index (χ0) is 11.4. The minimum Gasteiger partial charge on any atom is -0.480 e. The maximum Gasteiger partial charge on any atom is 0.339 e. The first kappa shape index (κ1) is 11.1. The number of hydrogen-bond donors (Lipinski definition) is 1. The third-order valence-electron chi connectivity index (χ3n) is 1.95. The fraction of sp³-hybridized carbons (Fsp3) is 0.250. The van der Waals surface area contributed by atoms with E-state index in [1.165, 1.54) is 0 Å². The molecule has 0 saturated carbocycles. The molecule has 0 aliphatic carbocycles. The third kappa shape index (κ3) is 2.50. The number of carboxylic acid groups (broad SMARTS) is 1. The Hall–Kier alpha value is -1.95. The van der Waals surface area contributed by atoms with Gasteiger partial charge in [0, 0.05) is 0 Å². The Morgan fingerprint density at radius 2 is 2.20 bits per heavy atom. The van der Waals surface area contributed by atoms with Crippen LogP contribution in [0.1, 0.15) is 21.5 Å². The van der Waals surface area contributed by atoms with E-state index in [1.807, 2.05) is 13.0 Å². The zero-order valence-electron chi connectivity index (χ0n) is 8.70. The monoisotopic (exact) mass is 204 g/mol. The summed E-state index contributed by atoms with van der Waals surface area (Å²) in [5, 5.41) is 8.98. The van der Waals surface area contributed by atoms with Gasteiger partial charge in [-0.2, -0.15) is 0 Å². The number of rotatable bonds is 3. The van der Waals surface area contributed by atoms with Crippen LogP contribution >= 0.6 is 0 Å². The van der Waals surface area contributed by atoms with Crippen molar-refractivity contribution < 1.29 is 14.6 Å². The highest BCUT2D eigenvalue weighted by Gasteiger charge is 2.14. The van der Waals surface area contributed by atoms with E-state index in [2.05, 4.69) is 5.92 Å². The van der Waals surface area contributed by atoms with Gasteiger partial charge in [0.1, 0.15) is 17.9 Å². The number of hydrogen-bond acceptors (Lipinski definition) is 2. The van der Waals surface area contributed by atoms with Crippen LogP contribution in [-0.2, 0) is 0 Å². The summed E-state index contributed by atoms with van der Waals surface area (Å²) in [4.78, 5) is 11.0. The first-order chi connectivity index (χ1) is 7.06. The molecule has 1 rings (SSSR count). The zero-order valence-corrected chi connectivity index (χ0v) is 8.70. The van der Waals surface area contributed by atoms with Crippen LogP contribution in [0.2, 0.25) is 0 Å². The van der Waals surface area contributed by atoms with Crippen LogP contribution in [-0.4, -0.2) is 17.7 Å². The summed E-state index contributed by atoms with van der Waals surface area (Å²) in [5.41, 5.74) is 1.82. The summed E-state index contributed by atoms with van der Waals surface area (Å²) >= 11 is 0. The second-order valence-electron chi connectivity index (χ2n) is 3.26. The van der Waals surface area contributed by atoms with E-state index in [4.69, 9.17) is 16.3 Å². The minimum absolute atomic E-state index is 0.0736. The third-order valence-corrected chi connectivity index (χ3v) is 1.95.